The maximum absolute atomic E-state index is 11.7. The third kappa shape index (κ3) is 2.80. The van der Waals surface area contributed by atoms with E-state index in [-0.39, 0.29) is 16.8 Å². The van der Waals surface area contributed by atoms with Gasteiger partial charge in [0, 0.05) is 33.7 Å². The zero-order valence-corrected chi connectivity index (χ0v) is 11.6. The maximum Gasteiger partial charge on any atom is 0.192 e. The Morgan fingerprint density at radius 3 is 2.32 bits per heavy atom. The normalized spacial score (nSPS) is 10.5. The molecular formula is C13H11Cl2N3O. The number of nitrogen functional groups attached to an aromatic ring is 1. The van der Waals surface area contributed by atoms with Crippen molar-refractivity contribution >= 4 is 29.0 Å². The first-order chi connectivity index (χ1) is 8.88. The van der Waals surface area contributed by atoms with E-state index in [4.69, 9.17) is 34.3 Å². The Bertz CT molecular complexity index is 702. The number of hydrogen-bond acceptors (Lipinski definition) is 2. The molecule has 0 saturated heterocycles. The number of rotatable bonds is 2. The minimum atomic E-state index is -0.283. The summed E-state index contributed by atoms with van der Waals surface area (Å²) in [5.74, 6) is -0.271. The zero-order chi connectivity index (χ0) is 14.2. The third-order valence-electron chi connectivity index (χ3n) is 2.66. The molecule has 2 aromatic rings. The van der Waals surface area contributed by atoms with E-state index in [0.717, 1.165) is 0 Å². The first-order valence-electron chi connectivity index (χ1n) is 5.42. The topological polar surface area (TPSA) is 71.9 Å². The minimum Gasteiger partial charge on any atom is -0.384 e. The number of nitrogens with zero attached hydrogens (tertiary/aromatic N) is 1. The van der Waals surface area contributed by atoms with E-state index in [0.29, 0.717) is 21.4 Å². The number of pyridine rings is 1. The van der Waals surface area contributed by atoms with Gasteiger partial charge in [0.2, 0.25) is 0 Å². The van der Waals surface area contributed by atoms with E-state index in [9.17, 15) is 4.79 Å². The Kier molecular flexibility index (Phi) is 3.64. The number of hydrogen-bond donors (Lipinski definition) is 2. The fourth-order valence-corrected chi connectivity index (χ4v) is 2.30. The number of nitrogens with one attached hydrogen (secondary N) is 1. The average Bonchev–Trinajstić information content (AvgIpc) is 2.26. The summed E-state index contributed by atoms with van der Waals surface area (Å²) in [5, 5.41) is 8.38. The van der Waals surface area contributed by atoms with Gasteiger partial charge < -0.3 is 10.3 Å². The molecule has 0 atom stereocenters. The summed E-state index contributed by atoms with van der Waals surface area (Å²) in [6.45, 7) is 1.78. The Labute approximate surface area is 119 Å². The lowest BCUT2D eigenvalue weighted by Gasteiger charge is -2.13. The van der Waals surface area contributed by atoms with Gasteiger partial charge in [-0.05, 0) is 25.1 Å². The van der Waals surface area contributed by atoms with Gasteiger partial charge in [0.1, 0.15) is 5.84 Å². The van der Waals surface area contributed by atoms with E-state index < -0.39 is 0 Å². The van der Waals surface area contributed by atoms with Gasteiger partial charge in [-0.15, -0.1) is 0 Å². The van der Waals surface area contributed by atoms with E-state index in [1.807, 2.05) is 0 Å². The predicted octanol–water partition coefficient (Wildman–Crippen LogP) is 2.74. The quantitative estimate of drug-likeness (QED) is 0.660. The second-order valence-corrected chi connectivity index (χ2v) is 4.98. The third-order valence-corrected chi connectivity index (χ3v) is 3.10. The van der Waals surface area contributed by atoms with Crippen LogP contribution in [0.4, 0.5) is 0 Å². The van der Waals surface area contributed by atoms with E-state index >= 15 is 0 Å². The molecule has 2 rings (SSSR count). The highest BCUT2D eigenvalue weighted by molar-refractivity contribution is 6.34. The molecular weight excluding hydrogens is 285 g/mol. The van der Waals surface area contributed by atoms with E-state index in [1.54, 1.807) is 29.7 Å². The zero-order valence-electron chi connectivity index (χ0n) is 10.1. The highest BCUT2D eigenvalue weighted by atomic mass is 35.5. The van der Waals surface area contributed by atoms with Gasteiger partial charge in [0.05, 0.1) is 5.56 Å². The molecule has 1 aromatic heterocycles. The molecule has 3 N–H and O–H groups in total. The van der Waals surface area contributed by atoms with Crippen molar-refractivity contribution in [2.24, 2.45) is 5.73 Å². The second-order valence-electron chi connectivity index (χ2n) is 4.10. The Morgan fingerprint density at radius 2 is 1.79 bits per heavy atom. The Balaban J connectivity index is 2.71. The molecule has 1 aromatic carbocycles. The summed E-state index contributed by atoms with van der Waals surface area (Å²) in [6, 6.07) is 6.48. The van der Waals surface area contributed by atoms with Gasteiger partial charge in [-0.2, -0.15) is 0 Å². The Hall–Kier alpha value is -1.78. The second kappa shape index (κ2) is 5.07. The number of nitrogens with two attached hydrogens (primary N) is 1. The van der Waals surface area contributed by atoms with Crippen LogP contribution in [0.5, 0.6) is 0 Å². The predicted molar refractivity (Wildman–Crippen MR) is 77.8 cm³/mol. The lowest BCUT2D eigenvalue weighted by Crippen LogP contribution is -2.23. The SMILES string of the molecule is Cc1cc(=O)c(C(=N)N)cn1-c1cc(Cl)cc(Cl)c1. The van der Waals surface area contributed by atoms with Crippen LogP contribution in [-0.4, -0.2) is 10.4 Å². The highest BCUT2D eigenvalue weighted by Crippen LogP contribution is 2.22. The summed E-state index contributed by atoms with van der Waals surface area (Å²) in [4.78, 5) is 11.7. The molecule has 98 valence electrons. The van der Waals surface area contributed by atoms with Crippen LogP contribution in [0.1, 0.15) is 11.3 Å². The summed E-state index contributed by atoms with van der Waals surface area (Å²) in [5.41, 5.74) is 6.65. The van der Waals surface area contributed by atoms with Crippen molar-refractivity contribution in [3.05, 3.63) is 62.0 Å². The van der Waals surface area contributed by atoms with Crippen molar-refractivity contribution in [3.63, 3.8) is 0 Å². The molecule has 0 aliphatic carbocycles. The summed E-state index contributed by atoms with van der Waals surface area (Å²) < 4.78 is 1.72. The molecule has 1 heterocycles. The molecule has 0 spiro atoms. The van der Waals surface area contributed by atoms with Gasteiger partial charge in [-0.25, -0.2) is 0 Å². The van der Waals surface area contributed by atoms with Gasteiger partial charge in [-0.1, -0.05) is 23.2 Å². The van der Waals surface area contributed by atoms with Crippen LogP contribution in [0, 0.1) is 12.3 Å². The van der Waals surface area contributed by atoms with Gasteiger partial charge in [-0.3, -0.25) is 10.2 Å². The van der Waals surface area contributed by atoms with Gasteiger partial charge in [0.15, 0.2) is 5.43 Å². The van der Waals surface area contributed by atoms with Crippen molar-refractivity contribution < 1.29 is 0 Å². The van der Waals surface area contributed by atoms with Crippen LogP contribution >= 0.6 is 23.2 Å². The first-order valence-corrected chi connectivity index (χ1v) is 6.18. The molecule has 19 heavy (non-hydrogen) atoms. The molecule has 0 aliphatic heterocycles. The van der Waals surface area contributed by atoms with E-state index in [1.165, 1.54) is 12.3 Å². The molecule has 0 amide bonds. The van der Waals surface area contributed by atoms with E-state index in [2.05, 4.69) is 0 Å². The molecule has 0 bridgehead atoms. The van der Waals surface area contributed by atoms with Crippen molar-refractivity contribution in [2.45, 2.75) is 6.92 Å². The minimum absolute atomic E-state index is 0.140. The van der Waals surface area contributed by atoms with Crippen LogP contribution in [0.2, 0.25) is 10.0 Å². The average molecular weight is 296 g/mol. The van der Waals surface area contributed by atoms with Crippen LogP contribution in [0.15, 0.2) is 35.3 Å². The largest absolute Gasteiger partial charge is 0.384 e. The van der Waals surface area contributed by atoms with Gasteiger partial charge >= 0.3 is 0 Å². The lowest BCUT2D eigenvalue weighted by atomic mass is 10.2. The monoisotopic (exact) mass is 295 g/mol. The van der Waals surface area contributed by atoms with Crippen LogP contribution in [0.25, 0.3) is 5.69 Å². The number of benzene rings is 1. The van der Waals surface area contributed by atoms with Crippen LogP contribution in [0.3, 0.4) is 0 Å². The maximum atomic E-state index is 11.7. The number of aryl methyl sites for hydroxylation is 1. The number of amidine groups is 1. The molecule has 0 saturated carbocycles. The first kappa shape index (κ1) is 13.6. The number of halogens is 2. The fourth-order valence-electron chi connectivity index (χ4n) is 1.79. The molecule has 0 radical (unpaired) electrons. The molecule has 0 unspecified atom stereocenters. The molecule has 0 fully saturated rings. The molecule has 6 heteroatoms. The molecule has 0 aliphatic rings. The van der Waals surface area contributed by atoms with Crippen molar-refractivity contribution in [2.75, 3.05) is 0 Å². The highest BCUT2D eigenvalue weighted by Gasteiger charge is 2.09. The van der Waals surface area contributed by atoms with Crippen LogP contribution in [-0.2, 0) is 0 Å². The van der Waals surface area contributed by atoms with Crippen molar-refractivity contribution in [1.29, 1.82) is 5.41 Å². The van der Waals surface area contributed by atoms with Crippen LogP contribution < -0.4 is 11.2 Å². The molecule has 4 nitrogen and oxygen atoms in total. The Morgan fingerprint density at radius 1 is 1.21 bits per heavy atom. The summed E-state index contributed by atoms with van der Waals surface area (Å²) in [7, 11) is 0. The van der Waals surface area contributed by atoms with Gasteiger partial charge in [0.25, 0.3) is 0 Å². The standard InChI is InChI=1S/C13H11Cl2N3O/c1-7-2-12(19)11(13(16)17)6-18(7)10-4-8(14)3-9(15)5-10/h2-6H,1H3,(H3,16,17). The summed E-state index contributed by atoms with van der Waals surface area (Å²) in [6.07, 6.45) is 1.52. The van der Waals surface area contributed by atoms with Crippen molar-refractivity contribution in [1.82, 2.24) is 4.57 Å². The van der Waals surface area contributed by atoms with Crippen molar-refractivity contribution in [3.8, 4) is 5.69 Å². The lowest BCUT2D eigenvalue weighted by molar-refractivity contribution is 0.969. The summed E-state index contributed by atoms with van der Waals surface area (Å²) >= 11 is 11.9. The smallest absolute Gasteiger partial charge is 0.192 e. The fraction of sp³-hybridized carbons (Fsp3) is 0.0769. The number of aromatic nitrogens is 1.